The number of ether oxygens (including phenoxy) is 1. The lowest BCUT2D eigenvalue weighted by atomic mass is 10.1. The molecule has 1 aromatic carbocycles. The third kappa shape index (κ3) is 4.92. The van der Waals surface area contributed by atoms with Gasteiger partial charge in [-0.25, -0.2) is 0 Å². The summed E-state index contributed by atoms with van der Waals surface area (Å²) in [6.07, 6.45) is 1.64. The van der Waals surface area contributed by atoms with Gasteiger partial charge in [-0.05, 0) is 43.9 Å². The molecule has 1 amide bonds. The highest BCUT2D eigenvalue weighted by Gasteiger charge is 2.24. The highest BCUT2D eigenvalue weighted by molar-refractivity contribution is 8.01. The van der Waals surface area contributed by atoms with E-state index in [0.29, 0.717) is 22.0 Å². The molecular formula is C18H20N6O3S2. The molecule has 1 aliphatic heterocycles. The lowest BCUT2D eigenvalue weighted by molar-refractivity contribution is -0.113. The minimum atomic E-state index is -0.253. The van der Waals surface area contributed by atoms with Crippen molar-refractivity contribution in [2.75, 3.05) is 23.0 Å². The maximum absolute atomic E-state index is 12.1. The summed E-state index contributed by atoms with van der Waals surface area (Å²) >= 11 is 2.69. The second kappa shape index (κ2) is 8.89. The molecule has 1 atom stereocenters. The van der Waals surface area contributed by atoms with E-state index >= 15 is 0 Å². The molecule has 11 heteroatoms. The highest BCUT2D eigenvalue weighted by atomic mass is 32.2. The first-order valence-electron chi connectivity index (χ1n) is 9.13. The average molecular weight is 433 g/mol. The number of rotatable bonds is 7. The summed E-state index contributed by atoms with van der Waals surface area (Å²) in [5, 5.41) is 22.6. The molecule has 2 aromatic heterocycles. The maximum atomic E-state index is 12.1. The fourth-order valence-electron chi connectivity index (χ4n) is 2.79. The van der Waals surface area contributed by atoms with Gasteiger partial charge in [-0.15, -0.1) is 15.3 Å². The van der Waals surface area contributed by atoms with Crippen molar-refractivity contribution in [3.05, 3.63) is 35.2 Å². The number of carbonyl (C=O) groups excluding carboxylic acids is 1. The Kier molecular flexibility index (Phi) is 6.07. The predicted molar refractivity (Wildman–Crippen MR) is 111 cm³/mol. The first-order chi connectivity index (χ1) is 14.1. The Bertz CT molecular complexity index is 999. The van der Waals surface area contributed by atoms with E-state index in [2.05, 4.69) is 50.9 Å². The van der Waals surface area contributed by atoms with Gasteiger partial charge in [0.1, 0.15) is 6.10 Å². The molecule has 2 N–H and O–H groups in total. The van der Waals surface area contributed by atoms with Crippen molar-refractivity contribution in [2.45, 2.75) is 37.1 Å². The Morgan fingerprint density at radius 3 is 3.00 bits per heavy atom. The normalized spacial score (nSPS) is 16.1. The van der Waals surface area contributed by atoms with Crippen LogP contribution in [0.3, 0.4) is 0 Å². The van der Waals surface area contributed by atoms with E-state index in [4.69, 9.17) is 9.15 Å². The van der Waals surface area contributed by atoms with E-state index in [1.807, 2.05) is 12.1 Å². The minimum Gasteiger partial charge on any atom is -0.405 e. The molecule has 0 spiro atoms. The Hall–Kier alpha value is -2.50. The van der Waals surface area contributed by atoms with E-state index in [1.54, 1.807) is 0 Å². The van der Waals surface area contributed by atoms with Crippen molar-refractivity contribution in [2.24, 2.45) is 0 Å². The third-order valence-electron chi connectivity index (χ3n) is 4.47. The molecular weight excluding hydrogens is 412 g/mol. The van der Waals surface area contributed by atoms with Gasteiger partial charge in [0.25, 0.3) is 0 Å². The van der Waals surface area contributed by atoms with E-state index in [-0.39, 0.29) is 23.8 Å². The Balaban J connectivity index is 1.28. The van der Waals surface area contributed by atoms with Crippen molar-refractivity contribution in [1.29, 1.82) is 0 Å². The molecule has 0 radical (unpaired) electrons. The SMILES string of the molecule is Cc1cccc(Nc2nnc(SCC(=O)Nc3nnc([C@H]4CCCO4)o3)s2)c1C. The quantitative estimate of drug-likeness (QED) is 0.537. The average Bonchev–Trinajstić information content (AvgIpc) is 3.45. The summed E-state index contributed by atoms with van der Waals surface area (Å²) in [6, 6.07) is 6.14. The van der Waals surface area contributed by atoms with Gasteiger partial charge < -0.3 is 14.5 Å². The molecule has 1 fully saturated rings. The Labute approximate surface area is 175 Å². The molecule has 4 rings (SSSR count). The summed E-state index contributed by atoms with van der Waals surface area (Å²) in [4.78, 5) is 12.1. The number of aromatic nitrogens is 4. The Morgan fingerprint density at radius 2 is 2.17 bits per heavy atom. The molecule has 29 heavy (non-hydrogen) atoms. The van der Waals surface area contributed by atoms with Gasteiger partial charge in [0.2, 0.25) is 16.9 Å². The van der Waals surface area contributed by atoms with Crippen LogP contribution in [0.4, 0.5) is 16.8 Å². The van der Waals surface area contributed by atoms with E-state index in [1.165, 1.54) is 34.2 Å². The maximum Gasteiger partial charge on any atom is 0.322 e. The van der Waals surface area contributed by atoms with Crippen molar-refractivity contribution in [3.63, 3.8) is 0 Å². The molecule has 152 valence electrons. The van der Waals surface area contributed by atoms with Crippen molar-refractivity contribution in [3.8, 4) is 0 Å². The molecule has 1 saturated heterocycles. The number of hydrogen-bond acceptors (Lipinski definition) is 10. The summed E-state index contributed by atoms with van der Waals surface area (Å²) in [5.41, 5.74) is 3.36. The number of nitrogens with one attached hydrogen (secondary N) is 2. The fraction of sp³-hybridized carbons (Fsp3) is 0.389. The molecule has 9 nitrogen and oxygen atoms in total. The fourth-order valence-corrected chi connectivity index (χ4v) is 4.35. The van der Waals surface area contributed by atoms with Crippen LogP contribution >= 0.6 is 23.1 Å². The number of carbonyl (C=O) groups is 1. The van der Waals surface area contributed by atoms with Gasteiger partial charge in [-0.3, -0.25) is 10.1 Å². The van der Waals surface area contributed by atoms with Crippen molar-refractivity contribution >= 4 is 45.8 Å². The summed E-state index contributed by atoms with van der Waals surface area (Å²) in [5.74, 6) is 0.309. The summed E-state index contributed by atoms with van der Waals surface area (Å²) in [6.45, 7) is 4.81. The molecule has 0 bridgehead atoms. The van der Waals surface area contributed by atoms with Crippen LogP contribution in [0.5, 0.6) is 0 Å². The van der Waals surface area contributed by atoms with Crippen LogP contribution in [-0.4, -0.2) is 38.7 Å². The topological polar surface area (TPSA) is 115 Å². The number of aryl methyl sites for hydroxylation is 1. The van der Waals surface area contributed by atoms with Crippen LogP contribution < -0.4 is 10.6 Å². The van der Waals surface area contributed by atoms with Crippen LogP contribution in [0.15, 0.2) is 27.0 Å². The number of thioether (sulfide) groups is 1. The van der Waals surface area contributed by atoms with Crippen LogP contribution in [0.25, 0.3) is 0 Å². The highest BCUT2D eigenvalue weighted by Crippen LogP contribution is 2.30. The van der Waals surface area contributed by atoms with Gasteiger partial charge in [0.05, 0.1) is 5.75 Å². The number of benzene rings is 1. The van der Waals surface area contributed by atoms with Crippen LogP contribution in [0.2, 0.25) is 0 Å². The second-order valence-electron chi connectivity index (χ2n) is 6.53. The van der Waals surface area contributed by atoms with Crippen LogP contribution in [-0.2, 0) is 9.53 Å². The van der Waals surface area contributed by atoms with Gasteiger partial charge in [-0.2, -0.15) is 0 Å². The zero-order chi connectivity index (χ0) is 20.2. The largest absolute Gasteiger partial charge is 0.405 e. The van der Waals surface area contributed by atoms with Gasteiger partial charge in [0, 0.05) is 12.3 Å². The molecule has 0 saturated carbocycles. The molecule has 1 aliphatic rings. The first-order valence-corrected chi connectivity index (χ1v) is 10.9. The lowest BCUT2D eigenvalue weighted by Gasteiger charge is -2.08. The van der Waals surface area contributed by atoms with Gasteiger partial charge in [-0.1, -0.05) is 40.3 Å². The summed E-state index contributed by atoms with van der Waals surface area (Å²) in [7, 11) is 0. The van der Waals surface area contributed by atoms with Crippen molar-refractivity contribution in [1.82, 2.24) is 20.4 Å². The lowest BCUT2D eigenvalue weighted by Crippen LogP contribution is -2.14. The zero-order valence-electron chi connectivity index (χ0n) is 16.0. The smallest absolute Gasteiger partial charge is 0.322 e. The zero-order valence-corrected chi connectivity index (χ0v) is 17.6. The third-order valence-corrected chi connectivity index (χ3v) is 6.44. The standard InChI is InChI=1S/C18H20N6O3S2/c1-10-5-3-6-12(11(10)2)19-17-23-24-18(29-17)28-9-14(25)20-16-22-21-15(27-16)13-7-4-8-26-13/h3,5-6,13H,4,7-9H2,1-2H3,(H,19,23)(H,20,22,25)/t13-/m1/s1. The molecule has 0 unspecified atom stereocenters. The van der Waals surface area contributed by atoms with E-state index in [0.717, 1.165) is 18.5 Å². The number of hydrogen-bond donors (Lipinski definition) is 2. The molecule has 3 heterocycles. The second-order valence-corrected chi connectivity index (χ2v) is 8.73. The summed E-state index contributed by atoms with van der Waals surface area (Å²) < 4.78 is 11.6. The monoisotopic (exact) mass is 432 g/mol. The number of amides is 1. The number of nitrogens with zero attached hydrogens (tertiary/aromatic N) is 4. The van der Waals surface area contributed by atoms with E-state index < -0.39 is 0 Å². The van der Waals surface area contributed by atoms with Crippen LogP contribution in [0.1, 0.15) is 36.0 Å². The van der Waals surface area contributed by atoms with E-state index in [9.17, 15) is 4.79 Å². The van der Waals surface area contributed by atoms with Gasteiger partial charge >= 0.3 is 6.01 Å². The predicted octanol–water partition coefficient (Wildman–Crippen LogP) is 3.86. The number of anilines is 3. The molecule has 3 aromatic rings. The van der Waals surface area contributed by atoms with Crippen molar-refractivity contribution < 1.29 is 13.9 Å². The Morgan fingerprint density at radius 1 is 1.28 bits per heavy atom. The molecule has 0 aliphatic carbocycles. The van der Waals surface area contributed by atoms with Crippen LogP contribution in [0, 0.1) is 13.8 Å². The minimum absolute atomic E-state index is 0.0793. The first kappa shape index (κ1) is 19.8. The van der Waals surface area contributed by atoms with Gasteiger partial charge in [0.15, 0.2) is 4.34 Å².